The Labute approximate surface area is 121 Å². The van der Waals surface area contributed by atoms with Gasteiger partial charge in [0.2, 0.25) is 5.91 Å². The van der Waals surface area contributed by atoms with Crippen LogP contribution in [0.3, 0.4) is 0 Å². The molecule has 20 heavy (non-hydrogen) atoms. The lowest BCUT2D eigenvalue weighted by Crippen LogP contribution is -2.43. The van der Waals surface area contributed by atoms with Crippen molar-refractivity contribution in [3.8, 4) is 0 Å². The summed E-state index contributed by atoms with van der Waals surface area (Å²) in [7, 11) is 0. The number of hydrogen-bond donors (Lipinski definition) is 2. The summed E-state index contributed by atoms with van der Waals surface area (Å²) in [5.74, 6) is 0.0674. The van der Waals surface area contributed by atoms with Crippen molar-refractivity contribution in [2.75, 3.05) is 0 Å². The molecule has 3 nitrogen and oxygen atoms in total. The smallest absolute Gasteiger partial charge is 0.230 e. The predicted molar refractivity (Wildman–Crippen MR) is 82.6 cm³/mol. The zero-order valence-corrected chi connectivity index (χ0v) is 13.0. The van der Waals surface area contributed by atoms with Crippen molar-refractivity contribution in [1.82, 2.24) is 5.32 Å². The van der Waals surface area contributed by atoms with Gasteiger partial charge in [0.25, 0.3) is 0 Å². The first-order valence-electron chi connectivity index (χ1n) is 7.42. The summed E-state index contributed by atoms with van der Waals surface area (Å²) in [6.45, 7) is 7.89. The van der Waals surface area contributed by atoms with Crippen LogP contribution in [0.2, 0.25) is 0 Å². The highest BCUT2D eigenvalue weighted by atomic mass is 16.2. The monoisotopic (exact) mass is 274 g/mol. The van der Waals surface area contributed by atoms with Gasteiger partial charge in [-0.1, -0.05) is 24.3 Å². The van der Waals surface area contributed by atoms with Gasteiger partial charge in [0.05, 0.1) is 5.41 Å². The predicted octanol–water partition coefficient (Wildman–Crippen LogP) is 2.52. The van der Waals surface area contributed by atoms with Gasteiger partial charge in [0, 0.05) is 11.6 Å². The molecule has 110 valence electrons. The van der Waals surface area contributed by atoms with Gasteiger partial charge in [0.1, 0.15) is 0 Å². The summed E-state index contributed by atoms with van der Waals surface area (Å²) >= 11 is 0. The maximum Gasteiger partial charge on any atom is 0.230 e. The minimum absolute atomic E-state index is 0.0338. The van der Waals surface area contributed by atoms with Gasteiger partial charge >= 0.3 is 0 Å². The molecule has 1 aromatic carbocycles. The van der Waals surface area contributed by atoms with E-state index in [-0.39, 0.29) is 17.5 Å². The average Bonchev–Trinajstić information content (AvgIpc) is 3.06. The fraction of sp³-hybridized carbons (Fsp3) is 0.588. The van der Waals surface area contributed by atoms with E-state index in [4.69, 9.17) is 5.73 Å². The molecule has 1 aliphatic carbocycles. The topological polar surface area (TPSA) is 55.1 Å². The first-order chi connectivity index (χ1) is 9.23. The van der Waals surface area contributed by atoms with Gasteiger partial charge in [0.15, 0.2) is 0 Å². The molecule has 3 heteroatoms. The summed E-state index contributed by atoms with van der Waals surface area (Å²) < 4.78 is 0. The van der Waals surface area contributed by atoms with Gasteiger partial charge in [-0.3, -0.25) is 4.79 Å². The van der Waals surface area contributed by atoms with E-state index in [1.54, 1.807) is 0 Å². The van der Waals surface area contributed by atoms with Crippen LogP contribution in [0.4, 0.5) is 0 Å². The Morgan fingerprint density at radius 1 is 1.30 bits per heavy atom. The van der Waals surface area contributed by atoms with Crippen molar-refractivity contribution >= 4 is 5.91 Å². The zero-order valence-electron chi connectivity index (χ0n) is 13.0. The van der Waals surface area contributed by atoms with Crippen LogP contribution < -0.4 is 11.1 Å². The van der Waals surface area contributed by atoms with Gasteiger partial charge < -0.3 is 11.1 Å². The zero-order chi connectivity index (χ0) is 15.0. The molecule has 0 radical (unpaired) electrons. The number of carbonyl (C=O) groups is 1. The lowest BCUT2D eigenvalue weighted by atomic mass is 9.83. The SMILES string of the molecule is CC(C)NC(=O)C(C)(C)c1ccc(CC2(N)CC2)cc1. The number of amides is 1. The molecular formula is C17H26N2O. The first-order valence-corrected chi connectivity index (χ1v) is 7.42. The van der Waals surface area contributed by atoms with Crippen molar-refractivity contribution in [3.63, 3.8) is 0 Å². The third-order valence-electron chi connectivity index (χ3n) is 4.11. The van der Waals surface area contributed by atoms with Gasteiger partial charge in [-0.2, -0.15) is 0 Å². The maximum absolute atomic E-state index is 12.3. The van der Waals surface area contributed by atoms with Crippen LogP contribution in [0, 0.1) is 0 Å². The molecule has 0 aliphatic heterocycles. The van der Waals surface area contributed by atoms with E-state index in [0.29, 0.717) is 0 Å². The third kappa shape index (κ3) is 3.40. The number of benzene rings is 1. The third-order valence-corrected chi connectivity index (χ3v) is 4.11. The molecule has 3 N–H and O–H groups in total. The van der Waals surface area contributed by atoms with Crippen molar-refractivity contribution in [3.05, 3.63) is 35.4 Å². The molecule has 1 amide bonds. The second-order valence-electron chi connectivity index (χ2n) is 6.99. The lowest BCUT2D eigenvalue weighted by Gasteiger charge is -2.26. The van der Waals surface area contributed by atoms with Gasteiger partial charge in [-0.25, -0.2) is 0 Å². The van der Waals surface area contributed by atoms with Crippen molar-refractivity contribution in [2.24, 2.45) is 5.73 Å². The van der Waals surface area contributed by atoms with E-state index in [0.717, 1.165) is 24.8 Å². The number of hydrogen-bond acceptors (Lipinski definition) is 2. The van der Waals surface area contributed by atoms with Crippen LogP contribution >= 0.6 is 0 Å². The minimum atomic E-state index is -0.511. The second-order valence-corrected chi connectivity index (χ2v) is 6.99. The molecule has 1 fully saturated rings. The summed E-state index contributed by atoms with van der Waals surface area (Å²) in [5.41, 5.74) is 7.97. The minimum Gasteiger partial charge on any atom is -0.353 e. The molecule has 0 aromatic heterocycles. The summed E-state index contributed by atoms with van der Waals surface area (Å²) in [5, 5.41) is 2.99. The summed E-state index contributed by atoms with van der Waals surface area (Å²) in [6, 6.07) is 8.48. The molecule has 0 atom stereocenters. The molecule has 1 aromatic rings. The standard InChI is InChI=1S/C17H26N2O/c1-12(2)19-15(20)16(3,4)14-7-5-13(6-8-14)11-17(18)9-10-17/h5-8,12H,9-11,18H2,1-4H3,(H,19,20). The molecule has 0 spiro atoms. The highest BCUT2D eigenvalue weighted by Gasteiger charge is 2.38. The molecule has 1 aliphatic rings. The van der Waals surface area contributed by atoms with Gasteiger partial charge in [-0.05, 0) is 58.1 Å². The fourth-order valence-corrected chi connectivity index (χ4v) is 2.36. The van der Waals surface area contributed by atoms with Crippen LogP contribution in [0.15, 0.2) is 24.3 Å². The average molecular weight is 274 g/mol. The highest BCUT2D eigenvalue weighted by Crippen LogP contribution is 2.36. The molecule has 1 saturated carbocycles. The molecule has 2 rings (SSSR count). The Balaban J connectivity index is 2.09. The highest BCUT2D eigenvalue weighted by molar-refractivity contribution is 5.87. The molecule has 0 unspecified atom stereocenters. The van der Waals surface area contributed by atoms with Crippen LogP contribution in [-0.4, -0.2) is 17.5 Å². The number of carbonyl (C=O) groups excluding carboxylic acids is 1. The van der Waals surface area contributed by atoms with E-state index >= 15 is 0 Å². The van der Waals surface area contributed by atoms with Crippen molar-refractivity contribution in [1.29, 1.82) is 0 Å². The van der Waals surface area contributed by atoms with E-state index in [9.17, 15) is 4.79 Å². The lowest BCUT2D eigenvalue weighted by molar-refractivity contribution is -0.126. The summed E-state index contributed by atoms with van der Waals surface area (Å²) in [4.78, 5) is 12.3. The van der Waals surface area contributed by atoms with Crippen LogP contribution in [0.1, 0.15) is 51.7 Å². The van der Waals surface area contributed by atoms with E-state index in [1.165, 1.54) is 5.56 Å². The number of nitrogens with one attached hydrogen (secondary N) is 1. The molecular weight excluding hydrogens is 248 g/mol. The number of rotatable bonds is 5. The Bertz CT molecular complexity index is 484. The molecule has 0 bridgehead atoms. The van der Waals surface area contributed by atoms with Crippen LogP contribution in [0.5, 0.6) is 0 Å². The second kappa shape index (κ2) is 5.21. The maximum atomic E-state index is 12.3. The Morgan fingerprint density at radius 3 is 2.30 bits per heavy atom. The number of nitrogens with two attached hydrogens (primary N) is 1. The Kier molecular flexibility index (Phi) is 3.92. The summed E-state index contributed by atoms with van der Waals surface area (Å²) in [6.07, 6.45) is 3.18. The molecule has 0 heterocycles. The Morgan fingerprint density at radius 2 is 1.85 bits per heavy atom. The fourth-order valence-electron chi connectivity index (χ4n) is 2.36. The first kappa shape index (κ1) is 15.0. The Hall–Kier alpha value is -1.35. The van der Waals surface area contributed by atoms with E-state index in [1.807, 2.05) is 27.7 Å². The van der Waals surface area contributed by atoms with Crippen LogP contribution in [-0.2, 0) is 16.6 Å². The van der Waals surface area contributed by atoms with Crippen LogP contribution in [0.25, 0.3) is 0 Å². The van der Waals surface area contributed by atoms with Crippen molar-refractivity contribution < 1.29 is 4.79 Å². The molecule has 0 saturated heterocycles. The normalized spacial score (nSPS) is 17.1. The largest absolute Gasteiger partial charge is 0.353 e. The van der Waals surface area contributed by atoms with E-state index < -0.39 is 5.41 Å². The van der Waals surface area contributed by atoms with Gasteiger partial charge in [-0.15, -0.1) is 0 Å². The van der Waals surface area contributed by atoms with E-state index in [2.05, 4.69) is 29.6 Å². The van der Waals surface area contributed by atoms with Crippen molar-refractivity contribution in [2.45, 2.75) is 64.0 Å². The quantitative estimate of drug-likeness (QED) is 0.867.